The third-order valence-corrected chi connectivity index (χ3v) is 5.20. The lowest BCUT2D eigenvalue weighted by atomic mass is 10.0. The molecule has 1 aromatic carbocycles. The van der Waals surface area contributed by atoms with E-state index < -0.39 is 0 Å². The van der Waals surface area contributed by atoms with E-state index in [4.69, 9.17) is 0 Å². The molecule has 0 saturated carbocycles. The number of pyridine rings is 1. The van der Waals surface area contributed by atoms with E-state index >= 15 is 0 Å². The van der Waals surface area contributed by atoms with Gasteiger partial charge >= 0.3 is 0 Å². The molecule has 3 heterocycles. The number of halogens is 2. The Labute approximate surface area is 179 Å². The number of fused-ring (bicyclic) bond motifs is 3. The van der Waals surface area contributed by atoms with Crippen LogP contribution in [0, 0.1) is 13.8 Å². The van der Waals surface area contributed by atoms with Crippen LogP contribution in [0.3, 0.4) is 0 Å². The zero-order chi connectivity index (χ0) is 16.7. The van der Waals surface area contributed by atoms with Gasteiger partial charge in [-0.3, -0.25) is 4.98 Å². The first-order valence-electron chi connectivity index (χ1n) is 8.82. The second-order valence-corrected chi connectivity index (χ2v) is 7.14. The van der Waals surface area contributed by atoms with E-state index in [1.807, 2.05) is 13.1 Å². The summed E-state index contributed by atoms with van der Waals surface area (Å²) in [5.74, 6) is 0. The molecule has 28 heavy (non-hydrogen) atoms. The molecule has 4 rings (SSSR count). The second-order valence-electron chi connectivity index (χ2n) is 7.14. The van der Waals surface area contributed by atoms with Crippen LogP contribution in [0.5, 0.6) is 0 Å². The lowest BCUT2D eigenvalue weighted by Crippen LogP contribution is -2.27. The Morgan fingerprint density at radius 3 is 2.46 bits per heavy atom. The highest BCUT2D eigenvalue weighted by Crippen LogP contribution is 2.31. The van der Waals surface area contributed by atoms with Crippen molar-refractivity contribution < 1.29 is 11.0 Å². The van der Waals surface area contributed by atoms with E-state index in [1.165, 1.54) is 33.3 Å². The Bertz CT molecular complexity index is 895. The van der Waals surface area contributed by atoms with Gasteiger partial charge in [0.2, 0.25) is 0 Å². The van der Waals surface area contributed by atoms with E-state index in [-0.39, 0.29) is 35.8 Å². The van der Waals surface area contributed by atoms with Crippen LogP contribution in [0.25, 0.3) is 10.9 Å². The number of aromatic nitrogens is 2. The molecule has 0 radical (unpaired) electrons. The maximum Gasteiger partial charge on any atom is 0.0486 e. The molecular weight excluding hydrogens is 397 g/mol. The number of rotatable bonds is 3. The van der Waals surface area contributed by atoms with Crippen molar-refractivity contribution in [2.24, 2.45) is 0 Å². The molecule has 0 atom stereocenters. The van der Waals surface area contributed by atoms with Gasteiger partial charge in [-0.25, -0.2) is 0 Å². The number of hydrogen-bond acceptors (Lipinski definition) is 2. The van der Waals surface area contributed by atoms with Crippen LogP contribution in [0.2, 0.25) is 0 Å². The molecule has 4 N–H and O–H groups in total. The fourth-order valence-corrected chi connectivity index (χ4v) is 3.84. The molecule has 0 amide bonds. The fraction of sp³-hybridized carbons (Fsp3) is 0.381. The molecule has 5 nitrogen and oxygen atoms in total. The topological polar surface area (TPSA) is 84.1 Å². The summed E-state index contributed by atoms with van der Waals surface area (Å²) in [6.45, 7) is 7.47. The van der Waals surface area contributed by atoms with E-state index in [9.17, 15) is 0 Å². The van der Waals surface area contributed by atoms with Crippen molar-refractivity contribution in [2.45, 2.75) is 39.8 Å². The van der Waals surface area contributed by atoms with Gasteiger partial charge < -0.3 is 20.4 Å². The molecule has 2 aromatic heterocycles. The van der Waals surface area contributed by atoms with Crippen LogP contribution in [0.15, 0.2) is 36.5 Å². The molecule has 0 aliphatic carbocycles. The highest BCUT2D eigenvalue weighted by atomic mass is 35.5. The molecule has 0 fully saturated rings. The maximum absolute atomic E-state index is 4.43. The Hall–Kier alpha value is -1.63. The number of nitrogens with zero attached hydrogens (tertiary/aromatic N) is 3. The normalized spacial score (nSPS) is 12.8. The van der Waals surface area contributed by atoms with E-state index in [1.54, 1.807) is 0 Å². The van der Waals surface area contributed by atoms with Crippen molar-refractivity contribution in [2.75, 3.05) is 13.6 Å². The second kappa shape index (κ2) is 10.8. The highest BCUT2D eigenvalue weighted by Gasteiger charge is 2.22. The van der Waals surface area contributed by atoms with Crippen LogP contribution >= 0.6 is 24.8 Å². The number of benzene rings is 1. The van der Waals surface area contributed by atoms with Crippen molar-refractivity contribution in [3.63, 3.8) is 0 Å². The lowest BCUT2D eigenvalue weighted by Gasteiger charge is -2.24. The Balaban J connectivity index is 0.00000182. The quantitative estimate of drug-likeness (QED) is 0.642. The Morgan fingerprint density at radius 2 is 1.79 bits per heavy atom. The number of likely N-dealkylation sites (N-methyl/N-ethyl adjacent to an activating group) is 1. The van der Waals surface area contributed by atoms with Crippen molar-refractivity contribution in [1.29, 1.82) is 0 Å². The van der Waals surface area contributed by atoms with E-state index in [0.717, 1.165) is 38.2 Å². The molecule has 0 unspecified atom stereocenters. The standard InChI is InChI=1S/C21H25N3.2ClH.2H2O/c1-15-4-7-20-18(12-15)19-14-23(3)10-9-21(19)24(20)11-8-17-6-5-16(2)22-13-17;;;;/h4-7,12-13H,8-11,14H2,1-3H3;2*1H;2*1H2. The largest absolute Gasteiger partial charge is 0.412 e. The molecule has 1 aliphatic heterocycles. The van der Waals surface area contributed by atoms with Crippen molar-refractivity contribution in [1.82, 2.24) is 14.5 Å². The first-order valence-corrected chi connectivity index (χ1v) is 8.82. The monoisotopic (exact) mass is 427 g/mol. The first-order chi connectivity index (χ1) is 11.6. The van der Waals surface area contributed by atoms with E-state index in [0.29, 0.717) is 0 Å². The van der Waals surface area contributed by atoms with Crippen molar-refractivity contribution in [3.8, 4) is 0 Å². The minimum Gasteiger partial charge on any atom is -0.412 e. The molecule has 3 aromatic rings. The summed E-state index contributed by atoms with van der Waals surface area (Å²) in [7, 11) is 2.22. The summed E-state index contributed by atoms with van der Waals surface area (Å²) >= 11 is 0. The molecule has 1 aliphatic rings. The van der Waals surface area contributed by atoms with Crippen LogP contribution in [0.4, 0.5) is 0 Å². The number of aryl methyl sites for hydroxylation is 4. The van der Waals surface area contributed by atoms with Gasteiger partial charge in [0, 0.05) is 54.5 Å². The Kier molecular flexibility index (Phi) is 10.2. The molecule has 0 saturated heterocycles. The third kappa shape index (κ3) is 5.04. The van der Waals surface area contributed by atoms with Crippen molar-refractivity contribution >= 4 is 35.7 Å². The van der Waals surface area contributed by atoms with E-state index in [2.05, 4.69) is 58.8 Å². The van der Waals surface area contributed by atoms with Gasteiger partial charge in [0.15, 0.2) is 0 Å². The minimum absolute atomic E-state index is 0. The van der Waals surface area contributed by atoms with Gasteiger partial charge in [-0.1, -0.05) is 17.7 Å². The summed E-state index contributed by atoms with van der Waals surface area (Å²) in [6, 6.07) is 11.2. The van der Waals surface area contributed by atoms with Gasteiger partial charge in [0.05, 0.1) is 0 Å². The molecular formula is C21H31Cl2N3O2. The predicted molar refractivity (Wildman–Crippen MR) is 121 cm³/mol. The first kappa shape index (κ1) is 26.4. The van der Waals surface area contributed by atoms with Gasteiger partial charge in [-0.15, -0.1) is 24.8 Å². The maximum atomic E-state index is 4.43. The molecule has 0 bridgehead atoms. The summed E-state index contributed by atoms with van der Waals surface area (Å²) in [6.07, 6.45) is 4.20. The average Bonchev–Trinajstić information content (AvgIpc) is 2.87. The summed E-state index contributed by atoms with van der Waals surface area (Å²) in [5.41, 5.74) is 8.20. The van der Waals surface area contributed by atoms with Crippen LogP contribution in [-0.4, -0.2) is 39.0 Å². The zero-order valence-corrected chi connectivity index (χ0v) is 18.3. The van der Waals surface area contributed by atoms with Crippen LogP contribution in [0.1, 0.15) is 28.1 Å². The number of hydrogen-bond donors (Lipinski definition) is 0. The van der Waals surface area contributed by atoms with Gasteiger partial charge in [0.25, 0.3) is 0 Å². The molecule has 0 spiro atoms. The molecule has 156 valence electrons. The van der Waals surface area contributed by atoms with Crippen LogP contribution < -0.4 is 0 Å². The van der Waals surface area contributed by atoms with Crippen LogP contribution in [-0.2, 0) is 25.9 Å². The lowest BCUT2D eigenvalue weighted by molar-refractivity contribution is 0.309. The minimum atomic E-state index is 0. The van der Waals surface area contributed by atoms with Gasteiger partial charge in [-0.05, 0) is 56.6 Å². The summed E-state index contributed by atoms with van der Waals surface area (Å²) in [5, 5.41) is 1.44. The SMILES string of the molecule is Cc1ccc2c(c1)c1c(n2CCc2ccc(C)nc2)CCN(C)C1.Cl.Cl.O.O. The zero-order valence-electron chi connectivity index (χ0n) is 16.7. The summed E-state index contributed by atoms with van der Waals surface area (Å²) < 4.78 is 2.55. The highest BCUT2D eigenvalue weighted by molar-refractivity contribution is 5.86. The van der Waals surface area contributed by atoms with Gasteiger partial charge in [-0.2, -0.15) is 0 Å². The fourth-order valence-electron chi connectivity index (χ4n) is 3.84. The Morgan fingerprint density at radius 1 is 1.04 bits per heavy atom. The van der Waals surface area contributed by atoms with Crippen molar-refractivity contribution in [3.05, 3.63) is 64.6 Å². The van der Waals surface area contributed by atoms with Gasteiger partial charge in [0.1, 0.15) is 0 Å². The molecule has 7 heteroatoms. The average molecular weight is 428 g/mol. The predicted octanol–water partition coefficient (Wildman–Crippen LogP) is 3.08. The third-order valence-electron chi connectivity index (χ3n) is 5.20. The summed E-state index contributed by atoms with van der Waals surface area (Å²) in [4.78, 5) is 6.86. The smallest absolute Gasteiger partial charge is 0.0486 e.